The summed E-state index contributed by atoms with van der Waals surface area (Å²) in [4.78, 5) is 13.9. The maximum Gasteiger partial charge on any atom is 0.222 e. The molecule has 4 nitrogen and oxygen atoms in total. The molecule has 0 radical (unpaired) electrons. The molecule has 4 heteroatoms. The van der Waals surface area contributed by atoms with Crippen LogP contribution in [-0.4, -0.2) is 31.0 Å². The molecule has 1 amide bonds. The van der Waals surface area contributed by atoms with Gasteiger partial charge in [0.05, 0.1) is 6.61 Å². The van der Waals surface area contributed by atoms with Gasteiger partial charge in [-0.25, -0.2) is 0 Å². The summed E-state index contributed by atoms with van der Waals surface area (Å²) in [6.45, 7) is 5.77. The first kappa shape index (κ1) is 16.5. The van der Waals surface area contributed by atoms with E-state index in [0.717, 1.165) is 17.7 Å². The van der Waals surface area contributed by atoms with Gasteiger partial charge in [0.25, 0.3) is 0 Å². The van der Waals surface area contributed by atoms with Crippen molar-refractivity contribution in [2.24, 2.45) is 11.7 Å². The molecular formula is C16H26N2O2. The lowest BCUT2D eigenvalue weighted by atomic mass is 10.0. The minimum Gasteiger partial charge on any atom is -0.494 e. The molecular weight excluding hydrogens is 252 g/mol. The summed E-state index contributed by atoms with van der Waals surface area (Å²) < 4.78 is 5.58. The van der Waals surface area contributed by atoms with Crippen LogP contribution in [0.3, 0.4) is 0 Å². The molecule has 0 spiro atoms. The number of amides is 1. The normalized spacial score (nSPS) is 12.0. The van der Waals surface area contributed by atoms with Crippen molar-refractivity contribution >= 4 is 5.91 Å². The van der Waals surface area contributed by atoms with Crippen molar-refractivity contribution in [2.75, 3.05) is 20.2 Å². The highest BCUT2D eigenvalue weighted by molar-refractivity contribution is 5.76. The first-order chi connectivity index (χ1) is 9.62. The Hall–Kier alpha value is -1.55. The quantitative estimate of drug-likeness (QED) is 0.794. The highest BCUT2D eigenvalue weighted by Crippen LogP contribution is 2.20. The zero-order valence-electron chi connectivity index (χ0n) is 12.8. The van der Waals surface area contributed by atoms with Crippen molar-refractivity contribution in [1.29, 1.82) is 0 Å². The molecule has 1 aromatic rings. The molecule has 0 aromatic heterocycles. The molecule has 0 bridgehead atoms. The summed E-state index contributed by atoms with van der Waals surface area (Å²) in [5, 5.41) is 0. The monoisotopic (exact) mass is 278 g/mol. The number of hydrogen-bond donors (Lipinski definition) is 1. The summed E-state index contributed by atoms with van der Waals surface area (Å²) >= 11 is 0. The minimum absolute atomic E-state index is 0.133. The topological polar surface area (TPSA) is 55.6 Å². The predicted molar refractivity (Wildman–Crippen MR) is 81.5 cm³/mol. The second kappa shape index (κ2) is 8.59. The van der Waals surface area contributed by atoms with E-state index in [1.165, 1.54) is 0 Å². The van der Waals surface area contributed by atoms with Gasteiger partial charge in [0.1, 0.15) is 5.75 Å². The van der Waals surface area contributed by atoms with Crippen molar-refractivity contribution < 1.29 is 9.53 Å². The maximum absolute atomic E-state index is 12.2. The fourth-order valence-corrected chi connectivity index (χ4v) is 2.07. The summed E-state index contributed by atoms with van der Waals surface area (Å²) in [7, 11) is 1.83. The molecule has 1 rings (SSSR count). The largest absolute Gasteiger partial charge is 0.494 e. The Morgan fingerprint density at radius 3 is 2.65 bits per heavy atom. The molecule has 0 fully saturated rings. The summed E-state index contributed by atoms with van der Waals surface area (Å²) in [5.41, 5.74) is 6.69. The van der Waals surface area contributed by atoms with Crippen LogP contribution < -0.4 is 10.5 Å². The Morgan fingerprint density at radius 2 is 2.05 bits per heavy atom. The van der Waals surface area contributed by atoms with Gasteiger partial charge in [-0.05, 0) is 25.5 Å². The summed E-state index contributed by atoms with van der Waals surface area (Å²) in [6, 6.07) is 7.84. The molecule has 1 aromatic carbocycles. The lowest BCUT2D eigenvalue weighted by Crippen LogP contribution is -2.30. The van der Waals surface area contributed by atoms with E-state index in [2.05, 4.69) is 6.92 Å². The van der Waals surface area contributed by atoms with E-state index >= 15 is 0 Å². The Bertz CT molecular complexity index is 417. The van der Waals surface area contributed by atoms with Gasteiger partial charge < -0.3 is 15.4 Å². The number of ether oxygens (including phenoxy) is 1. The van der Waals surface area contributed by atoms with Crippen LogP contribution >= 0.6 is 0 Å². The lowest BCUT2D eigenvalue weighted by molar-refractivity contribution is -0.131. The van der Waals surface area contributed by atoms with Gasteiger partial charge in [-0.3, -0.25) is 4.79 Å². The van der Waals surface area contributed by atoms with Gasteiger partial charge in [0.2, 0.25) is 5.91 Å². The number of benzene rings is 1. The fraction of sp³-hybridized carbons (Fsp3) is 0.562. The van der Waals surface area contributed by atoms with E-state index in [0.29, 0.717) is 26.1 Å². The highest BCUT2D eigenvalue weighted by Gasteiger charge is 2.16. The van der Waals surface area contributed by atoms with E-state index in [1.54, 1.807) is 4.90 Å². The highest BCUT2D eigenvalue weighted by atomic mass is 16.5. The van der Waals surface area contributed by atoms with Crippen molar-refractivity contribution in [3.63, 3.8) is 0 Å². The average molecular weight is 278 g/mol. The number of nitrogens with zero attached hydrogens (tertiary/aromatic N) is 1. The predicted octanol–water partition coefficient (Wildman–Crippen LogP) is 2.42. The number of para-hydroxylation sites is 1. The Kier molecular flexibility index (Phi) is 7.09. The van der Waals surface area contributed by atoms with E-state index in [1.807, 2.05) is 38.2 Å². The Balaban J connectivity index is 2.65. The standard InChI is InChI=1S/C16H26N2O2/c1-4-13(11-17)10-16(19)18(3)12-14-8-6-7-9-15(14)20-5-2/h6-9,13H,4-5,10-12,17H2,1-3H3. The minimum atomic E-state index is 0.133. The van der Waals surface area contributed by atoms with Crippen molar-refractivity contribution in [2.45, 2.75) is 33.2 Å². The third-order valence-electron chi connectivity index (χ3n) is 3.48. The molecule has 2 N–H and O–H groups in total. The summed E-state index contributed by atoms with van der Waals surface area (Å²) in [5.74, 6) is 1.25. The molecule has 1 unspecified atom stereocenters. The molecule has 1 atom stereocenters. The number of nitrogens with two attached hydrogens (primary N) is 1. The van der Waals surface area contributed by atoms with Gasteiger partial charge in [-0.15, -0.1) is 0 Å². The molecule has 0 aliphatic carbocycles. The average Bonchev–Trinajstić information content (AvgIpc) is 2.46. The van der Waals surface area contributed by atoms with Crippen LogP contribution in [0.25, 0.3) is 0 Å². The number of carbonyl (C=O) groups excluding carboxylic acids is 1. The van der Waals surface area contributed by atoms with Crippen molar-refractivity contribution in [3.8, 4) is 5.75 Å². The third-order valence-corrected chi connectivity index (χ3v) is 3.48. The SMILES string of the molecule is CCOc1ccccc1CN(C)C(=O)CC(CC)CN. The smallest absolute Gasteiger partial charge is 0.222 e. The molecule has 0 saturated carbocycles. The zero-order chi connectivity index (χ0) is 15.0. The molecule has 112 valence electrons. The van der Waals surface area contributed by atoms with E-state index < -0.39 is 0 Å². The lowest BCUT2D eigenvalue weighted by Gasteiger charge is -2.21. The van der Waals surface area contributed by atoms with Gasteiger partial charge in [-0.2, -0.15) is 0 Å². The first-order valence-electron chi connectivity index (χ1n) is 7.27. The molecule has 0 heterocycles. The second-order valence-corrected chi connectivity index (χ2v) is 5.00. The van der Waals surface area contributed by atoms with Gasteiger partial charge >= 0.3 is 0 Å². The summed E-state index contributed by atoms with van der Waals surface area (Å²) in [6.07, 6.45) is 1.45. The van der Waals surface area contributed by atoms with E-state index in [4.69, 9.17) is 10.5 Å². The van der Waals surface area contributed by atoms with Crippen LogP contribution in [0, 0.1) is 5.92 Å². The number of rotatable bonds is 8. The molecule has 0 saturated heterocycles. The second-order valence-electron chi connectivity index (χ2n) is 5.00. The van der Waals surface area contributed by atoms with Crippen LogP contribution in [-0.2, 0) is 11.3 Å². The third kappa shape index (κ3) is 4.85. The zero-order valence-corrected chi connectivity index (χ0v) is 12.8. The van der Waals surface area contributed by atoms with Gasteiger partial charge in [0.15, 0.2) is 0 Å². The number of hydrogen-bond acceptors (Lipinski definition) is 3. The molecule has 0 aliphatic heterocycles. The van der Waals surface area contributed by atoms with Crippen LogP contribution in [0.15, 0.2) is 24.3 Å². The van der Waals surface area contributed by atoms with Crippen molar-refractivity contribution in [1.82, 2.24) is 4.90 Å². The Labute approximate surface area is 121 Å². The van der Waals surface area contributed by atoms with Gasteiger partial charge in [-0.1, -0.05) is 31.5 Å². The van der Waals surface area contributed by atoms with Crippen molar-refractivity contribution in [3.05, 3.63) is 29.8 Å². The Morgan fingerprint density at radius 1 is 1.35 bits per heavy atom. The van der Waals surface area contributed by atoms with E-state index in [9.17, 15) is 4.79 Å². The van der Waals surface area contributed by atoms with Gasteiger partial charge in [0, 0.05) is 25.6 Å². The number of carbonyl (C=O) groups is 1. The van der Waals surface area contributed by atoms with Crippen LogP contribution in [0.5, 0.6) is 5.75 Å². The first-order valence-corrected chi connectivity index (χ1v) is 7.27. The van der Waals surface area contributed by atoms with Crippen LogP contribution in [0.1, 0.15) is 32.3 Å². The van der Waals surface area contributed by atoms with Crippen LogP contribution in [0.4, 0.5) is 0 Å². The molecule has 0 aliphatic rings. The van der Waals surface area contributed by atoms with E-state index in [-0.39, 0.29) is 11.8 Å². The molecule has 20 heavy (non-hydrogen) atoms. The van der Waals surface area contributed by atoms with Crippen LogP contribution in [0.2, 0.25) is 0 Å². The fourth-order valence-electron chi connectivity index (χ4n) is 2.07. The maximum atomic E-state index is 12.2.